The summed E-state index contributed by atoms with van der Waals surface area (Å²) in [7, 11) is 4.68. The smallest absolute Gasteiger partial charge is 0.347 e. The molecule has 1 aromatic heterocycles. The second-order valence-electron chi connectivity index (χ2n) is 12.9. The molecule has 12 nitrogen and oxygen atoms in total. The number of carbonyl (C=O) groups is 1. The molecule has 262 valence electrons. The first-order chi connectivity index (χ1) is 24.3. The zero-order valence-corrected chi connectivity index (χ0v) is 28.3. The van der Waals surface area contributed by atoms with Crippen LogP contribution in [0.2, 0.25) is 0 Å². The van der Waals surface area contributed by atoms with Gasteiger partial charge >= 0.3 is 5.63 Å². The minimum Gasteiger partial charge on any atom is -0.504 e. The number of ether oxygens (including phenoxy) is 5. The van der Waals surface area contributed by atoms with E-state index in [0.717, 1.165) is 5.56 Å². The van der Waals surface area contributed by atoms with E-state index >= 15 is 0 Å². The van der Waals surface area contributed by atoms with Crippen molar-refractivity contribution in [1.29, 1.82) is 0 Å². The average molecular weight is 695 g/mol. The number of methoxy groups -OCH3 is 3. The number of hydrogen-bond acceptors (Lipinski definition) is 12. The summed E-state index contributed by atoms with van der Waals surface area (Å²) in [6.45, 7) is 3.78. The van der Waals surface area contributed by atoms with Gasteiger partial charge < -0.3 is 48.5 Å². The molecule has 1 unspecified atom stereocenters. The van der Waals surface area contributed by atoms with Crippen molar-refractivity contribution in [2.75, 3.05) is 27.9 Å². The maximum atomic E-state index is 12.9. The van der Waals surface area contributed by atoms with Crippen molar-refractivity contribution in [3.05, 3.63) is 105 Å². The number of ketones is 1. The zero-order valence-electron chi connectivity index (χ0n) is 28.3. The fraction of sp³-hybridized carbons (Fsp3) is 0.231. The van der Waals surface area contributed by atoms with Gasteiger partial charge in [0.2, 0.25) is 11.5 Å². The maximum Gasteiger partial charge on any atom is 0.347 e. The number of allylic oxidation sites excluding steroid dienone is 2. The predicted molar refractivity (Wildman–Crippen MR) is 186 cm³/mol. The van der Waals surface area contributed by atoms with Gasteiger partial charge in [-0.25, -0.2) is 4.79 Å². The molecule has 4 N–H and O–H groups in total. The van der Waals surface area contributed by atoms with Crippen LogP contribution in [-0.2, 0) is 16.0 Å². The summed E-state index contributed by atoms with van der Waals surface area (Å²) in [5.74, 6) is 0.610. The number of aliphatic hydroxyl groups is 2. The Morgan fingerprint density at radius 2 is 1.55 bits per heavy atom. The minimum absolute atomic E-state index is 0.0348. The second-order valence-corrected chi connectivity index (χ2v) is 12.9. The van der Waals surface area contributed by atoms with Gasteiger partial charge in [0.1, 0.15) is 57.3 Å². The predicted octanol–water partition coefficient (Wildman–Crippen LogP) is 5.75. The summed E-state index contributed by atoms with van der Waals surface area (Å²) < 4.78 is 33.7. The number of fused-ring (bicyclic) bond motifs is 6. The molecule has 0 fully saturated rings. The average Bonchev–Trinajstić information content (AvgIpc) is 3.39. The molecule has 1 atom stereocenters. The Bertz CT molecular complexity index is 2320. The van der Waals surface area contributed by atoms with Crippen molar-refractivity contribution in [2.24, 2.45) is 0 Å². The third kappa shape index (κ3) is 5.44. The summed E-state index contributed by atoms with van der Waals surface area (Å²) in [6.07, 6.45) is 6.81. The first kappa shape index (κ1) is 33.4. The Hall–Kier alpha value is -6.14. The molecular weight excluding hydrogens is 660 g/mol. The number of carbonyl (C=O) groups excluding carboxylic acids is 1. The number of aromatic hydroxyl groups is 2. The summed E-state index contributed by atoms with van der Waals surface area (Å²) in [5.41, 5.74) is 1.91. The van der Waals surface area contributed by atoms with Gasteiger partial charge in [-0.05, 0) is 79.1 Å². The van der Waals surface area contributed by atoms with Crippen LogP contribution in [0.1, 0.15) is 30.5 Å². The summed E-state index contributed by atoms with van der Waals surface area (Å²) in [5, 5.41) is 40.6. The van der Waals surface area contributed by atoms with Gasteiger partial charge in [0, 0.05) is 23.6 Å². The molecule has 0 bridgehead atoms. The van der Waals surface area contributed by atoms with Crippen LogP contribution in [0.4, 0.5) is 0 Å². The minimum atomic E-state index is -1.33. The lowest BCUT2D eigenvalue weighted by atomic mass is 9.85. The molecule has 12 heteroatoms. The largest absolute Gasteiger partial charge is 0.504 e. The van der Waals surface area contributed by atoms with Crippen LogP contribution < -0.4 is 24.6 Å². The van der Waals surface area contributed by atoms with E-state index < -0.39 is 28.4 Å². The third-order valence-electron chi connectivity index (χ3n) is 9.16. The van der Waals surface area contributed by atoms with Crippen molar-refractivity contribution in [2.45, 2.75) is 31.5 Å². The van der Waals surface area contributed by atoms with E-state index in [1.807, 2.05) is 26.0 Å². The van der Waals surface area contributed by atoms with Gasteiger partial charge in [-0.15, -0.1) is 0 Å². The molecule has 2 aliphatic carbocycles. The molecule has 2 aliphatic heterocycles. The van der Waals surface area contributed by atoms with E-state index in [1.54, 1.807) is 44.6 Å². The number of phenols is 2. The number of phenolic OH excluding ortho intramolecular Hbond substituents is 2. The highest BCUT2D eigenvalue weighted by Gasteiger charge is 2.48. The van der Waals surface area contributed by atoms with Gasteiger partial charge in [-0.1, -0.05) is 12.1 Å². The summed E-state index contributed by atoms with van der Waals surface area (Å²) in [4.78, 5) is 24.4. The number of rotatable bonds is 4. The topological polar surface area (TPSA) is 174 Å². The lowest BCUT2D eigenvalue weighted by molar-refractivity contribution is -0.114. The van der Waals surface area contributed by atoms with Gasteiger partial charge in [-0.3, -0.25) is 4.79 Å². The highest BCUT2D eigenvalue weighted by molar-refractivity contribution is 6.06. The number of benzene rings is 3. The van der Waals surface area contributed by atoms with E-state index in [1.165, 1.54) is 31.4 Å². The molecule has 4 aromatic rings. The number of hydrogen-bond donors (Lipinski definition) is 4. The van der Waals surface area contributed by atoms with Crippen LogP contribution in [0.15, 0.2) is 87.0 Å². The Kier molecular flexibility index (Phi) is 7.87. The molecule has 0 saturated heterocycles. The highest BCUT2D eigenvalue weighted by atomic mass is 16.5. The van der Waals surface area contributed by atoms with Gasteiger partial charge in [0.05, 0.1) is 26.9 Å². The normalized spacial score (nSPS) is 19.2. The van der Waals surface area contributed by atoms with Crippen molar-refractivity contribution in [3.8, 4) is 45.6 Å². The Balaban J connectivity index is 0.000000165. The van der Waals surface area contributed by atoms with E-state index in [9.17, 15) is 30.0 Å². The molecule has 51 heavy (non-hydrogen) atoms. The Morgan fingerprint density at radius 1 is 0.843 bits per heavy atom. The van der Waals surface area contributed by atoms with Crippen molar-refractivity contribution in [3.63, 3.8) is 0 Å². The first-order valence-electron chi connectivity index (χ1n) is 15.9. The van der Waals surface area contributed by atoms with Gasteiger partial charge in [0.25, 0.3) is 0 Å². The molecule has 0 radical (unpaired) electrons. The Labute approximate surface area is 291 Å². The van der Waals surface area contributed by atoms with E-state index in [0.29, 0.717) is 67.4 Å². The lowest BCUT2D eigenvalue weighted by Crippen LogP contribution is -2.39. The molecule has 0 spiro atoms. The lowest BCUT2D eigenvalue weighted by Gasteiger charge is -2.33. The highest BCUT2D eigenvalue weighted by Crippen LogP contribution is 2.51. The fourth-order valence-electron chi connectivity index (χ4n) is 6.82. The fourth-order valence-corrected chi connectivity index (χ4v) is 6.82. The zero-order chi connectivity index (χ0) is 36.4. The molecule has 0 amide bonds. The SMILES string of the molecule is COc1ccc(-c2c(OC)c3c(OC)c4c(cc3oc2=O)OC(C)(C)C=C4)cc1.O=C1C=CC2=C3c4cc(O)c(O)cc4CC3(O)COC2=C1O. The monoisotopic (exact) mass is 694 g/mol. The molecule has 4 aliphatic rings. The number of aliphatic hydroxyl groups excluding tert-OH is 1. The van der Waals surface area contributed by atoms with Crippen LogP contribution in [0, 0.1) is 0 Å². The van der Waals surface area contributed by atoms with E-state index in [4.69, 9.17) is 28.1 Å². The van der Waals surface area contributed by atoms with Crippen LogP contribution in [0.25, 0.3) is 33.7 Å². The third-order valence-corrected chi connectivity index (χ3v) is 9.16. The quantitative estimate of drug-likeness (QED) is 0.151. The second kappa shape index (κ2) is 12.0. The van der Waals surface area contributed by atoms with Crippen LogP contribution >= 0.6 is 0 Å². The summed E-state index contributed by atoms with van der Waals surface area (Å²) in [6, 6.07) is 11.6. The standard InChI is InChI=1S/C23H22O6.C16H12O6/c1-23(2)11-10-15-16(29-23)12-17-19(20(15)26-4)21(27-5)18(22(24)28-17)13-6-8-14(25-3)9-7-13;17-10-2-1-8-13-9-4-12(19)11(18)3-7(9)5-16(13,21)6-22-15(8)14(10)20/h6-12H,1-5H3;1-4,18-21H,5-6H2. The molecule has 3 heterocycles. The molecule has 3 aromatic carbocycles. The Morgan fingerprint density at radius 3 is 2.24 bits per heavy atom. The summed E-state index contributed by atoms with van der Waals surface area (Å²) >= 11 is 0. The van der Waals surface area contributed by atoms with Crippen LogP contribution in [0.5, 0.6) is 34.5 Å². The van der Waals surface area contributed by atoms with E-state index in [2.05, 4.69) is 0 Å². The van der Waals surface area contributed by atoms with Crippen LogP contribution in [-0.4, -0.2) is 65.3 Å². The molecule has 8 rings (SSSR count). The molecular formula is C39H34O12. The van der Waals surface area contributed by atoms with Crippen molar-refractivity contribution >= 4 is 28.4 Å². The van der Waals surface area contributed by atoms with Crippen molar-refractivity contribution < 1.29 is 53.3 Å². The van der Waals surface area contributed by atoms with Gasteiger partial charge in [0.15, 0.2) is 17.3 Å². The van der Waals surface area contributed by atoms with Crippen LogP contribution in [0.3, 0.4) is 0 Å². The van der Waals surface area contributed by atoms with E-state index in [-0.39, 0.29) is 30.3 Å². The van der Waals surface area contributed by atoms with Gasteiger partial charge in [-0.2, -0.15) is 0 Å². The maximum absolute atomic E-state index is 12.9. The first-order valence-corrected chi connectivity index (χ1v) is 15.9. The molecule has 0 saturated carbocycles. The van der Waals surface area contributed by atoms with Crippen molar-refractivity contribution in [1.82, 2.24) is 0 Å².